The quantitative estimate of drug-likeness (QED) is 0.586. The summed E-state index contributed by atoms with van der Waals surface area (Å²) in [7, 11) is 0. The van der Waals surface area contributed by atoms with Crippen LogP contribution in [0.25, 0.3) is 10.9 Å². The van der Waals surface area contributed by atoms with Crippen molar-refractivity contribution in [3.8, 4) is 11.5 Å². The number of piperazine rings is 1. The van der Waals surface area contributed by atoms with Crippen molar-refractivity contribution < 1.29 is 14.3 Å². The molecule has 5 rings (SSSR count). The van der Waals surface area contributed by atoms with Crippen LogP contribution in [0.4, 0.5) is 4.79 Å². The lowest BCUT2D eigenvalue weighted by molar-refractivity contribution is 0.132. The van der Waals surface area contributed by atoms with Crippen LogP contribution in [0, 0.1) is 0 Å². The predicted octanol–water partition coefficient (Wildman–Crippen LogP) is 2.50. The maximum absolute atomic E-state index is 12.9. The Bertz CT molecular complexity index is 1280. The minimum atomic E-state index is -0.263. The Morgan fingerprint density at radius 1 is 1.06 bits per heavy atom. The lowest BCUT2D eigenvalue weighted by Gasteiger charge is -2.35. The maximum Gasteiger partial charge on any atom is 0.317 e. The van der Waals surface area contributed by atoms with Crippen LogP contribution >= 0.6 is 0 Å². The number of hydrogen-bond donors (Lipinski definition) is 2. The van der Waals surface area contributed by atoms with Gasteiger partial charge >= 0.3 is 6.03 Å². The van der Waals surface area contributed by atoms with Crippen molar-refractivity contribution in [3.63, 3.8) is 0 Å². The zero-order chi connectivity index (χ0) is 24.4. The number of aromatic amines is 1. The second-order valence-electron chi connectivity index (χ2n) is 9.69. The van der Waals surface area contributed by atoms with E-state index in [2.05, 4.69) is 34.0 Å². The molecule has 35 heavy (non-hydrogen) atoms. The highest BCUT2D eigenvalue weighted by Crippen LogP contribution is 2.35. The van der Waals surface area contributed by atoms with Gasteiger partial charge in [0.2, 0.25) is 0 Å². The highest BCUT2D eigenvalue weighted by molar-refractivity contribution is 5.77. The Morgan fingerprint density at radius 3 is 2.60 bits per heavy atom. The molecule has 3 heterocycles. The number of fused-ring (bicyclic) bond motifs is 2. The van der Waals surface area contributed by atoms with Crippen molar-refractivity contribution in [1.29, 1.82) is 0 Å². The van der Waals surface area contributed by atoms with Gasteiger partial charge in [0.25, 0.3) is 5.56 Å². The molecule has 0 spiro atoms. The van der Waals surface area contributed by atoms with Crippen molar-refractivity contribution in [3.05, 3.63) is 64.2 Å². The van der Waals surface area contributed by atoms with Crippen LogP contribution in [0.2, 0.25) is 0 Å². The fraction of sp³-hybridized carbons (Fsp3) is 0.423. The summed E-state index contributed by atoms with van der Waals surface area (Å²) in [4.78, 5) is 36.7. The summed E-state index contributed by atoms with van der Waals surface area (Å²) < 4.78 is 11.3. The Labute approximate surface area is 204 Å². The number of para-hydroxylation sites is 1. The molecule has 1 fully saturated rings. The number of benzene rings is 2. The van der Waals surface area contributed by atoms with E-state index >= 15 is 0 Å². The molecule has 1 aromatic heterocycles. The molecule has 2 aliphatic rings. The molecule has 1 saturated heterocycles. The summed E-state index contributed by atoms with van der Waals surface area (Å²) in [5, 5.41) is 3.69. The highest BCUT2D eigenvalue weighted by Gasteiger charge is 2.27. The molecule has 3 aromatic rings. The summed E-state index contributed by atoms with van der Waals surface area (Å²) in [6.45, 7) is 9.05. The average molecular weight is 478 g/mol. The largest absolute Gasteiger partial charge is 0.486 e. The van der Waals surface area contributed by atoms with Gasteiger partial charge in [-0.3, -0.25) is 9.69 Å². The molecule has 2 N–H and O–H groups in total. The van der Waals surface area contributed by atoms with Crippen LogP contribution in [0.5, 0.6) is 11.5 Å². The first kappa shape index (κ1) is 23.2. The predicted molar refractivity (Wildman–Crippen MR) is 133 cm³/mol. The van der Waals surface area contributed by atoms with E-state index in [1.807, 2.05) is 41.3 Å². The molecule has 0 aliphatic carbocycles. The van der Waals surface area contributed by atoms with Crippen molar-refractivity contribution in [2.75, 3.05) is 45.9 Å². The zero-order valence-electron chi connectivity index (χ0n) is 20.2. The van der Waals surface area contributed by atoms with E-state index in [1.165, 1.54) is 0 Å². The minimum Gasteiger partial charge on any atom is -0.486 e. The first-order valence-corrected chi connectivity index (χ1v) is 12.0. The van der Waals surface area contributed by atoms with E-state index in [4.69, 9.17) is 9.47 Å². The molecule has 0 atom stereocenters. The Hall–Kier alpha value is -3.59. The minimum absolute atomic E-state index is 0.0625. The summed E-state index contributed by atoms with van der Waals surface area (Å²) in [5.41, 5.74) is 1.40. The second kappa shape index (κ2) is 9.58. The highest BCUT2D eigenvalue weighted by atomic mass is 16.6. The van der Waals surface area contributed by atoms with Crippen LogP contribution in [0.3, 0.4) is 0 Å². The Kier molecular flexibility index (Phi) is 6.34. The molecule has 0 bridgehead atoms. The van der Waals surface area contributed by atoms with Crippen LogP contribution < -0.4 is 20.3 Å². The zero-order valence-corrected chi connectivity index (χ0v) is 20.2. The molecular formula is C26H31N5O4. The van der Waals surface area contributed by atoms with Gasteiger partial charge in [-0.2, -0.15) is 0 Å². The van der Waals surface area contributed by atoms with Crippen molar-refractivity contribution in [1.82, 2.24) is 25.1 Å². The summed E-state index contributed by atoms with van der Waals surface area (Å²) in [6, 6.07) is 13.2. The number of aromatic nitrogens is 2. The van der Waals surface area contributed by atoms with Crippen LogP contribution in [0.1, 0.15) is 25.2 Å². The number of carbonyl (C=O) groups excluding carboxylic acids is 1. The van der Waals surface area contributed by atoms with Crippen LogP contribution in [-0.4, -0.2) is 71.7 Å². The lowest BCUT2D eigenvalue weighted by atomic mass is 9.84. The third-order valence-electron chi connectivity index (χ3n) is 6.70. The van der Waals surface area contributed by atoms with E-state index in [9.17, 15) is 9.59 Å². The van der Waals surface area contributed by atoms with Gasteiger partial charge in [-0.15, -0.1) is 0 Å². The fourth-order valence-corrected chi connectivity index (χ4v) is 4.51. The van der Waals surface area contributed by atoms with Gasteiger partial charge in [0.15, 0.2) is 11.5 Å². The molecule has 2 amide bonds. The summed E-state index contributed by atoms with van der Waals surface area (Å²) >= 11 is 0. The van der Waals surface area contributed by atoms with Crippen molar-refractivity contribution in [2.45, 2.75) is 25.8 Å². The van der Waals surface area contributed by atoms with Gasteiger partial charge in [-0.25, -0.2) is 9.78 Å². The molecular weight excluding hydrogens is 446 g/mol. The monoisotopic (exact) mass is 477 g/mol. The number of carbonyl (C=O) groups is 1. The van der Waals surface area contributed by atoms with Crippen molar-refractivity contribution >= 4 is 16.9 Å². The Balaban J connectivity index is 1.14. The van der Waals surface area contributed by atoms with Crippen LogP contribution in [0.15, 0.2) is 47.3 Å². The molecule has 9 heteroatoms. The van der Waals surface area contributed by atoms with Gasteiger partial charge in [-0.1, -0.05) is 32.0 Å². The molecule has 2 aromatic carbocycles. The number of nitrogens with zero attached hydrogens (tertiary/aromatic N) is 3. The Morgan fingerprint density at radius 2 is 1.80 bits per heavy atom. The molecule has 0 unspecified atom stereocenters. The third kappa shape index (κ3) is 5.09. The van der Waals surface area contributed by atoms with Crippen molar-refractivity contribution in [2.24, 2.45) is 0 Å². The first-order chi connectivity index (χ1) is 16.9. The maximum atomic E-state index is 12.9. The van der Waals surface area contributed by atoms with Gasteiger partial charge in [0, 0.05) is 38.1 Å². The smallest absolute Gasteiger partial charge is 0.317 e. The first-order valence-electron chi connectivity index (χ1n) is 12.0. The number of rotatable bonds is 5. The molecule has 0 saturated carbocycles. The summed E-state index contributed by atoms with van der Waals surface area (Å²) in [5.74, 6) is 2.17. The molecule has 0 radical (unpaired) electrons. The number of hydrogen-bond acceptors (Lipinski definition) is 6. The number of amides is 2. The topological polar surface area (TPSA) is 99.8 Å². The van der Waals surface area contributed by atoms with Gasteiger partial charge in [0.05, 0.1) is 17.4 Å². The average Bonchev–Trinajstić information content (AvgIpc) is 2.87. The normalized spacial score (nSPS) is 16.3. The SMILES string of the molecule is CC(C)(CNC(=O)N1CCN(Cc2nc3ccccc3c(=O)[nH]2)CC1)c1ccc2c(c1)OCCO2. The van der Waals surface area contributed by atoms with E-state index in [-0.39, 0.29) is 17.0 Å². The number of ether oxygens (including phenoxy) is 2. The number of urea groups is 1. The van der Waals surface area contributed by atoms with E-state index in [0.29, 0.717) is 56.1 Å². The van der Waals surface area contributed by atoms with Crippen LogP contribution in [-0.2, 0) is 12.0 Å². The third-order valence-corrected chi connectivity index (χ3v) is 6.70. The molecule has 184 valence electrons. The fourth-order valence-electron chi connectivity index (χ4n) is 4.51. The van der Waals surface area contributed by atoms with E-state index in [0.717, 1.165) is 30.2 Å². The van der Waals surface area contributed by atoms with E-state index in [1.54, 1.807) is 6.07 Å². The standard InChI is InChI=1S/C26H31N5O4/c1-26(2,18-7-8-21-22(15-18)35-14-13-34-21)17-27-25(33)31-11-9-30(10-12-31)16-23-28-20-6-4-3-5-19(20)24(32)29-23/h3-8,15H,9-14,16-17H2,1-2H3,(H,27,33)(H,28,29,32). The number of nitrogens with one attached hydrogen (secondary N) is 2. The van der Waals surface area contributed by atoms with Gasteiger partial charge in [-0.05, 0) is 29.8 Å². The number of H-pyrrole nitrogens is 1. The lowest BCUT2D eigenvalue weighted by Crippen LogP contribution is -2.53. The van der Waals surface area contributed by atoms with Gasteiger partial charge in [0.1, 0.15) is 19.0 Å². The van der Waals surface area contributed by atoms with E-state index < -0.39 is 0 Å². The second-order valence-corrected chi connectivity index (χ2v) is 9.69. The summed E-state index contributed by atoms with van der Waals surface area (Å²) in [6.07, 6.45) is 0. The molecule has 2 aliphatic heterocycles. The van der Waals surface area contributed by atoms with Gasteiger partial charge < -0.3 is 24.7 Å². The molecule has 9 nitrogen and oxygen atoms in total.